The molecule has 13 heteroatoms. The minimum Gasteiger partial charge on any atom is -0.462 e. The third kappa shape index (κ3) is 4.69. The number of hydrogen-bond acceptors (Lipinski definition) is 8. The summed E-state index contributed by atoms with van der Waals surface area (Å²) in [5.74, 6) is -1.65. The number of carbonyl (C=O) groups is 3. The summed E-state index contributed by atoms with van der Waals surface area (Å²) in [7, 11) is -2.47. The van der Waals surface area contributed by atoms with Gasteiger partial charge in [-0.2, -0.15) is 4.31 Å². The molecule has 2 aromatic rings. The van der Waals surface area contributed by atoms with E-state index in [9.17, 15) is 22.8 Å². The Morgan fingerprint density at radius 1 is 1.28 bits per heavy atom. The second kappa shape index (κ2) is 9.87. The predicted molar refractivity (Wildman–Crippen MR) is 123 cm³/mol. The molecule has 0 bridgehead atoms. The van der Waals surface area contributed by atoms with Crippen molar-refractivity contribution >= 4 is 67.1 Å². The number of anilines is 1. The Morgan fingerprint density at radius 2 is 2.00 bits per heavy atom. The van der Waals surface area contributed by atoms with Crippen LogP contribution in [0.3, 0.4) is 0 Å². The molecule has 1 aliphatic heterocycles. The van der Waals surface area contributed by atoms with Gasteiger partial charge >= 0.3 is 5.97 Å². The number of amides is 2. The van der Waals surface area contributed by atoms with Crippen LogP contribution in [-0.2, 0) is 19.6 Å². The molecule has 0 aliphatic carbocycles. The molecule has 9 nitrogen and oxygen atoms in total. The highest BCUT2D eigenvalue weighted by Crippen LogP contribution is 2.36. The van der Waals surface area contributed by atoms with Crippen LogP contribution in [0.25, 0.3) is 0 Å². The summed E-state index contributed by atoms with van der Waals surface area (Å²) in [5, 5.41) is 5.33. The lowest BCUT2D eigenvalue weighted by molar-refractivity contribution is -0.119. The minimum absolute atomic E-state index is 0.0600. The molecule has 1 aliphatic rings. The lowest BCUT2D eigenvalue weighted by Crippen LogP contribution is -2.43. The molecule has 1 fully saturated rings. The van der Waals surface area contributed by atoms with Crippen LogP contribution in [0.5, 0.6) is 0 Å². The lowest BCUT2D eigenvalue weighted by Gasteiger charge is -2.22. The molecule has 0 saturated carbocycles. The Kier molecular flexibility index (Phi) is 7.61. The monoisotopic (exact) mass is 519 g/mol. The van der Waals surface area contributed by atoms with Crippen molar-refractivity contribution < 1.29 is 27.5 Å². The van der Waals surface area contributed by atoms with Crippen LogP contribution >= 0.6 is 34.3 Å². The van der Waals surface area contributed by atoms with Gasteiger partial charge in [-0.05, 0) is 44.4 Å². The van der Waals surface area contributed by atoms with Crippen molar-refractivity contribution in [3.8, 4) is 0 Å². The van der Waals surface area contributed by atoms with E-state index < -0.39 is 33.8 Å². The zero-order chi connectivity index (χ0) is 23.6. The fourth-order valence-electron chi connectivity index (χ4n) is 3.43. The van der Waals surface area contributed by atoms with Gasteiger partial charge in [0, 0.05) is 13.6 Å². The van der Waals surface area contributed by atoms with Gasteiger partial charge in [0.05, 0.1) is 16.5 Å². The van der Waals surface area contributed by atoms with Gasteiger partial charge in [-0.3, -0.25) is 9.59 Å². The summed E-state index contributed by atoms with van der Waals surface area (Å²) in [6.07, 6.45) is 0.838. The summed E-state index contributed by atoms with van der Waals surface area (Å²) in [6.45, 7) is 3.61. The van der Waals surface area contributed by atoms with Gasteiger partial charge < -0.3 is 15.4 Å². The maximum absolute atomic E-state index is 13.1. The third-order valence-corrected chi connectivity index (χ3v) is 9.71. The first kappa shape index (κ1) is 24.6. The Labute approximate surface area is 198 Å². The van der Waals surface area contributed by atoms with Gasteiger partial charge in [0.25, 0.3) is 15.9 Å². The van der Waals surface area contributed by atoms with E-state index in [4.69, 9.17) is 16.3 Å². The fourth-order valence-corrected chi connectivity index (χ4v) is 7.80. The predicted octanol–water partition coefficient (Wildman–Crippen LogP) is 3.10. The van der Waals surface area contributed by atoms with Crippen molar-refractivity contribution in [1.29, 1.82) is 0 Å². The van der Waals surface area contributed by atoms with Gasteiger partial charge in [-0.25, -0.2) is 13.2 Å². The number of rotatable bonds is 7. The molecule has 1 atom stereocenters. The van der Waals surface area contributed by atoms with Crippen molar-refractivity contribution in [1.82, 2.24) is 9.62 Å². The van der Waals surface area contributed by atoms with Gasteiger partial charge in [0.2, 0.25) is 5.91 Å². The van der Waals surface area contributed by atoms with Crippen LogP contribution in [-0.4, -0.2) is 56.7 Å². The molecule has 2 amide bonds. The first-order valence-corrected chi connectivity index (χ1v) is 13.2. The normalized spacial score (nSPS) is 16.7. The van der Waals surface area contributed by atoms with E-state index in [0.717, 1.165) is 27.0 Å². The SMILES string of the molecule is CCOC(=O)c1sc(NC(=O)C2CCCN2S(=O)(=O)c2ccc(Cl)s2)c(C(=O)NC)c1C. The van der Waals surface area contributed by atoms with E-state index in [1.54, 1.807) is 13.8 Å². The molecule has 174 valence electrons. The Bertz CT molecular complexity index is 1160. The Balaban J connectivity index is 1.91. The second-order valence-electron chi connectivity index (χ2n) is 6.88. The van der Waals surface area contributed by atoms with Crippen molar-refractivity contribution in [3.63, 3.8) is 0 Å². The van der Waals surface area contributed by atoms with Crippen molar-refractivity contribution in [2.75, 3.05) is 25.5 Å². The van der Waals surface area contributed by atoms with Gasteiger partial charge in [0.15, 0.2) is 0 Å². The molecule has 2 aromatic heterocycles. The second-order valence-corrected chi connectivity index (χ2v) is 11.7. The van der Waals surface area contributed by atoms with E-state index in [2.05, 4.69) is 10.6 Å². The van der Waals surface area contributed by atoms with Crippen LogP contribution in [0.4, 0.5) is 5.00 Å². The van der Waals surface area contributed by atoms with Crippen LogP contribution in [0.15, 0.2) is 16.3 Å². The number of sulfonamides is 1. The molecule has 32 heavy (non-hydrogen) atoms. The summed E-state index contributed by atoms with van der Waals surface area (Å²) < 4.78 is 32.6. The van der Waals surface area contributed by atoms with Crippen LogP contribution in [0.2, 0.25) is 4.34 Å². The fraction of sp³-hybridized carbons (Fsp3) is 0.421. The summed E-state index contributed by atoms with van der Waals surface area (Å²) in [4.78, 5) is 38.0. The van der Waals surface area contributed by atoms with Crippen molar-refractivity contribution in [2.24, 2.45) is 0 Å². The summed E-state index contributed by atoms with van der Waals surface area (Å²) in [6, 6.07) is 1.95. The topological polar surface area (TPSA) is 122 Å². The van der Waals surface area contributed by atoms with Gasteiger partial charge in [-0.15, -0.1) is 22.7 Å². The lowest BCUT2D eigenvalue weighted by atomic mass is 10.1. The van der Waals surface area contributed by atoms with E-state index in [1.807, 2.05) is 0 Å². The highest BCUT2D eigenvalue weighted by Gasteiger charge is 2.40. The number of ether oxygens (including phenoxy) is 1. The minimum atomic E-state index is -3.90. The molecule has 1 saturated heterocycles. The van der Waals surface area contributed by atoms with Gasteiger partial charge in [-0.1, -0.05) is 11.6 Å². The summed E-state index contributed by atoms with van der Waals surface area (Å²) >= 11 is 7.73. The van der Waals surface area contributed by atoms with E-state index in [1.165, 1.54) is 19.2 Å². The standard InChI is InChI=1S/C19H22ClN3O6S3/c1-4-29-19(26)15-10(2)14(17(25)21-3)18(31-15)22-16(24)11-6-5-9-23(11)32(27,28)13-8-7-12(20)30-13/h7-8,11H,4-6,9H2,1-3H3,(H,21,25)(H,22,24). The first-order valence-electron chi connectivity index (χ1n) is 9.72. The smallest absolute Gasteiger partial charge is 0.348 e. The average Bonchev–Trinajstić information content (AvgIpc) is 3.47. The van der Waals surface area contributed by atoms with Crippen molar-refractivity contribution in [3.05, 3.63) is 32.5 Å². The highest BCUT2D eigenvalue weighted by molar-refractivity contribution is 7.91. The maximum Gasteiger partial charge on any atom is 0.348 e. The molecule has 2 N–H and O–H groups in total. The van der Waals surface area contributed by atoms with Gasteiger partial charge in [0.1, 0.15) is 20.1 Å². The Morgan fingerprint density at radius 3 is 2.59 bits per heavy atom. The van der Waals surface area contributed by atoms with Crippen LogP contribution < -0.4 is 10.6 Å². The molecule has 0 aromatic carbocycles. The largest absolute Gasteiger partial charge is 0.462 e. The molecule has 0 spiro atoms. The number of carbonyl (C=O) groups excluding carboxylic acids is 3. The number of halogens is 1. The molecule has 3 heterocycles. The van der Waals surface area contributed by atoms with E-state index in [0.29, 0.717) is 22.7 Å². The number of nitrogens with zero attached hydrogens (tertiary/aromatic N) is 1. The molecule has 1 unspecified atom stereocenters. The number of hydrogen-bond donors (Lipinski definition) is 2. The van der Waals surface area contributed by atoms with Crippen LogP contribution in [0.1, 0.15) is 45.4 Å². The van der Waals surface area contributed by atoms with Crippen molar-refractivity contribution in [2.45, 2.75) is 36.9 Å². The number of nitrogens with one attached hydrogen (secondary N) is 2. The Hall–Kier alpha value is -1.99. The molecule has 0 radical (unpaired) electrons. The molecule has 3 rings (SSSR count). The molecular weight excluding hydrogens is 498 g/mol. The zero-order valence-corrected chi connectivity index (χ0v) is 20.8. The first-order chi connectivity index (χ1) is 15.1. The number of thiophene rings is 2. The van der Waals surface area contributed by atoms with Crippen LogP contribution in [0, 0.1) is 6.92 Å². The van der Waals surface area contributed by atoms with E-state index in [-0.39, 0.29) is 32.8 Å². The maximum atomic E-state index is 13.1. The summed E-state index contributed by atoms with van der Waals surface area (Å²) in [5.41, 5.74) is 0.526. The number of esters is 1. The van der Waals surface area contributed by atoms with E-state index >= 15 is 0 Å². The highest BCUT2D eigenvalue weighted by atomic mass is 35.5. The zero-order valence-electron chi connectivity index (χ0n) is 17.6. The average molecular weight is 520 g/mol. The molecular formula is C19H22ClN3O6S3. The third-order valence-electron chi connectivity index (χ3n) is 4.92. The quantitative estimate of drug-likeness (QED) is 0.542.